The lowest BCUT2D eigenvalue weighted by Gasteiger charge is -2.28. The zero-order chi connectivity index (χ0) is 17.3. The zero-order valence-electron chi connectivity index (χ0n) is 14.9. The molecule has 0 bridgehead atoms. The van der Waals surface area contributed by atoms with E-state index in [4.69, 9.17) is 4.74 Å². The molecule has 1 saturated heterocycles. The van der Waals surface area contributed by atoms with E-state index in [-0.39, 0.29) is 0 Å². The third kappa shape index (κ3) is 5.45. The van der Waals surface area contributed by atoms with Crippen molar-refractivity contribution in [2.24, 2.45) is 4.99 Å². The van der Waals surface area contributed by atoms with E-state index in [9.17, 15) is 4.79 Å². The molecule has 0 aromatic heterocycles. The van der Waals surface area contributed by atoms with Crippen LogP contribution in [0.15, 0.2) is 35.0 Å². The molecule has 2 fully saturated rings. The van der Waals surface area contributed by atoms with Crippen molar-refractivity contribution in [1.82, 2.24) is 0 Å². The average Bonchev–Trinajstić information content (AvgIpc) is 2.69. The van der Waals surface area contributed by atoms with Gasteiger partial charge in [-0.3, -0.25) is 9.79 Å². The second-order valence-electron chi connectivity index (χ2n) is 6.97. The summed E-state index contributed by atoms with van der Waals surface area (Å²) in [5.74, 6) is 0.297. The number of anilines is 1. The topological polar surface area (TPSA) is 41.9 Å². The lowest BCUT2D eigenvalue weighted by molar-refractivity contribution is -0.106. The second kappa shape index (κ2) is 9.40. The van der Waals surface area contributed by atoms with Gasteiger partial charge >= 0.3 is 0 Å². The van der Waals surface area contributed by atoms with E-state index in [0.717, 1.165) is 37.8 Å². The quantitative estimate of drug-likeness (QED) is 0.250. The fourth-order valence-electron chi connectivity index (χ4n) is 3.60. The van der Waals surface area contributed by atoms with Gasteiger partial charge in [0.2, 0.25) is 0 Å². The molecule has 0 unspecified atom stereocenters. The van der Waals surface area contributed by atoms with Crippen LogP contribution < -0.4 is 4.90 Å². The number of aldehydes is 1. The van der Waals surface area contributed by atoms with Gasteiger partial charge in [-0.1, -0.05) is 31.4 Å². The molecule has 1 aromatic rings. The maximum absolute atomic E-state index is 11.2. The van der Waals surface area contributed by atoms with Crippen molar-refractivity contribution in [2.75, 3.05) is 18.0 Å². The minimum absolute atomic E-state index is 0.297. The summed E-state index contributed by atoms with van der Waals surface area (Å²) in [6.07, 6.45) is 13.8. The Balaban J connectivity index is 1.57. The minimum Gasteiger partial charge on any atom is -0.443 e. The third-order valence-electron chi connectivity index (χ3n) is 5.07. The molecule has 4 heteroatoms. The van der Waals surface area contributed by atoms with Crippen molar-refractivity contribution < 1.29 is 9.53 Å². The molecule has 1 aliphatic carbocycles. The third-order valence-corrected chi connectivity index (χ3v) is 5.07. The molecule has 4 nitrogen and oxygen atoms in total. The predicted octanol–water partition coefficient (Wildman–Crippen LogP) is 4.59. The number of hydrogen-bond donors (Lipinski definition) is 0. The van der Waals surface area contributed by atoms with Crippen LogP contribution >= 0.6 is 0 Å². The Morgan fingerprint density at radius 1 is 1.00 bits per heavy atom. The average molecular weight is 340 g/mol. The highest BCUT2D eigenvalue weighted by Gasteiger charge is 2.11. The standard InChI is InChI=1S/C21H28N2O2/c24-16-21(25-17-22-19-7-3-1-4-8-19)15-18-9-11-20(12-10-18)23-13-5-2-6-14-23/h9-12,15-17,19H,1-8,13-14H2/b21-15+,22-17+. The van der Waals surface area contributed by atoms with Gasteiger partial charge in [0.05, 0.1) is 6.04 Å². The second-order valence-corrected chi connectivity index (χ2v) is 6.97. The highest BCUT2D eigenvalue weighted by Crippen LogP contribution is 2.21. The van der Waals surface area contributed by atoms with E-state index in [1.165, 1.54) is 50.6 Å². The lowest BCUT2D eigenvalue weighted by atomic mass is 9.96. The van der Waals surface area contributed by atoms with Crippen molar-refractivity contribution in [3.8, 4) is 0 Å². The molecule has 0 atom stereocenters. The number of aliphatic imine (C=N–C) groups is 1. The number of hydrogen-bond acceptors (Lipinski definition) is 4. The fraction of sp³-hybridized carbons (Fsp3) is 0.524. The number of nitrogens with zero attached hydrogens (tertiary/aromatic N) is 2. The van der Waals surface area contributed by atoms with Crippen molar-refractivity contribution in [1.29, 1.82) is 0 Å². The molecule has 25 heavy (non-hydrogen) atoms. The first-order chi connectivity index (χ1) is 12.3. The Kier molecular flexibility index (Phi) is 6.66. The summed E-state index contributed by atoms with van der Waals surface area (Å²) in [6.45, 7) is 2.27. The molecule has 3 rings (SSSR count). The van der Waals surface area contributed by atoms with E-state index < -0.39 is 0 Å². The highest BCUT2D eigenvalue weighted by molar-refractivity contribution is 5.81. The number of piperidine rings is 1. The summed E-state index contributed by atoms with van der Waals surface area (Å²) < 4.78 is 5.44. The molecule has 1 aromatic carbocycles. The van der Waals surface area contributed by atoms with Gasteiger partial charge in [0.1, 0.15) is 0 Å². The normalized spacial score (nSPS) is 20.0. The molecule has 2 aliphatic rings. The molecule has 1 heterocycles. The molecular formula is C21H28N2O2. The van der Waals surface area contributed by atoms with Crippen molar-refractivity contribution in [3.63, 3.8) is 0 Å². The maximum Gasteiger partial charge on any atom is 0.185 e. The summed E-state index contributed by atoms with van der Waals surface area (Å²) >= 11 is 0. The first-order valence-corrected chi connectivity index (χ1v) is 9.55. The number of benzene rings is 1. The van der Waals surface area contributed by atoms with Gasteiger partial charge in [-0.25, -0.2) is 0 Å². The van der Waals surface area contributed by atoms with E-state index in [1.54, 1.807) is 6.08 Å². The maximum atomic E-state index is 11.2. The predicted molar refractivity (Wildman–Crippen MR) is 103 cm³/mol. The minimum atomic E-state index is 0.297. The number of rotatable bonds is 6. The Bertz CT molecular complexity index is 595. The van der Waals surface area contributed by atoms with Crippen molar-refractivity contribution in [2.45, 2.75) is 57.4 Å². The van der Waals surface area contributed by atoms with Crippen LogP contribution in [0.5, 0.6) is 0 Å². The lowest BCUT2D eigenvalue weighted by Crippen LogP contribution is -2.29. The Morgan fingerprint density at radius 3 is 2.36 bits per heavy atom. The van der Waals surface area contributed by atoms with Gasteiger partial charge in [0, 0.05) is 18.8 Å². The smallest absolute Gasteiger partial charge is 0.185 e. The highest BCUT2D eigenvalue weighted by atomic mass is 16.5. The Hall–Kier alpha value is -2.10. The summed E-state index contributed by atoms with van der Waals surface area (Å²) in [5.41, 5.74) is 2.22. The van der Waals surface area contributed by atoms with Crippen LogP contribution in [0.3, 0.4) is 0 Å². The van der Waals surface area contributed by atoms with Crippen LogP contribution in [0.25, 0.3) is 6.08 Å². The molecular weight excluding hydrogens is 312 g/mol. The Morgan fingerprint density at radius 2 is 1.68 bits per heavy atom. The van der Waals surface area contributed by atoms with E-state index in [0.29, 0.717) is 11.8 Å². The Labute approximate surface area is 150 Å². The molecule has 1 saturated carbocycles. The number of ether oxygens (including phenoxy) is 1. The first-order valence-electron chi connectivity index (χ1n) is 9.55. The number of carbonyl (C=O) groups is 1. The van der Waals surface area contributed by atoms with Crippen molar-refractivity contribution >= 4 is 24.5 Å². The van der Waals surface area contributed by atoms with E-state index in [1.807, 2.05) is 12.1 Å². The van der Waals surface area contributed by atoms with Crippen LogP contribution in [0.4, 0.5) is 5.69 Å². The van der Waals surface area contributed by atoms with E-state index in [2.05, 4.69) is 22.0 Å². The fourth-order valence-corrected chi connectivity index (χ4v) is 3.60. The van der Waals surface area contributed by atoms with Crippen LogP contribution in [-0.4, -0.2) is 31.8 Å². The SMILES string of the molecule is O=C/C(=C\c1ccc(N2CCCCC2)cc1)O/C=N/C1CCCCC1. The van der Waals surface area contributed by atoms with Gasteiger partial charge < -0.3 is 9.64 Å². The number of allylic oxidation sites excluding steroid dienone is 1. The van der Waals surface area contributed by atoms with Gasteiger partial charge in [-0.15, -0.1) is 0 Å². The molecule has 0 radical (unpaired) electrons. The number of carbonyl (C=O) groups excluding carboxylic acids is 1. The summed E-state index contributed by atoms with van der Waals surface area (Å²) in [4.78, 5) is 18.1. The van der Waals surface area contributed by atoms with Crippen LogP contribution in [-0.2, 0) is 9.53 Å². The summed E-state index contributed by atoms with van der Waals surface area (Å²) in [7, 11) is 0. The largest absolute Gasteiger partial charge is 0.443 e. The van der Waals surface area contributed by atoms with Crippen molar-refractivity contribution in [3.05, 3.63) is 35.6 Å². The molecule has 0 N–H and O–H groups in total. The molecule has 1 aliphatic heterocycles. The van der Waals surface area contributed by atoms with Gasteiger partial charge in [0.25, 0.3) is 0 Å². The molecule has 0 spiro atoms. The monoisotopic (exact) mass is 340 g/mol. The van der Waals surface area contributed by atoms with Crippen LogP contribution in [0.2, 0.25) is 0 Å². The van der Waals surface area contributed by atoms with Gasteiger partial charge in [-0.05, 0) is 55.9 Å². The molecule has 134 valence electrons. The summed E-state index contributed by atoms with van der Waals surface area (Å²) in [6, 6.07) is 8.67. The van der Waals surface area contributed by atoms with E-state index >= 15 is 0 Å². The first kappa shape index (κ1) is 17.7. The van der Waals surface area contributed by atoms with Crippen LogP contribution in [0.1, 0.15) is 56.9 Å². The zero-order valence-corrected chi connectivity index (χ0v) is 14.9. The summed E-state index contributed by atoms with van der Waals surface area (Å²) in [5, 5.41) is 0. The van der Waals surface area contributed by atoms with Gasteiger partial charge in [0.15, 0.2) is 18.4 Å². The van der Waals surface area contributed by atoms with Crippen LogP contribution in [0, 0.1) is 0 Å². The van der Waals surface area contributed by atoms with Gasteiger partial charge in [-0.2, -0.15) is 0 Å². The molecule has 0 amide bonds.